The number of aliphatic hydroxyl groups is 1. The van der Waals surface area contributed by atoms with Crippen molar-refractivity contribution in [2.45, 2.75) is 26.4 Å². The number of fused-ring (bicyclic) bond motifs is 1. The van der Waals surface area contributed by atoms with Crippen molar-refractivity contribution >= 4 is 21.6 Å². The lowest BCUT2D eigenvalue weighted by molar-refractivity contribution is 0.178. The summed E-state index contributed by atoms with van der Waals surface area (Å²) >= 11 is 1.66. The van der Waals surface area contributed by atoms with Crippen LogP contribution in [0.1, 0.15) is 27.8 Å². The molecule has 2 aromatic carbocycles. The van der Waals surface area contributed by atoms with Crippen molar-refractivity contribution in [3.63, 3.8) is 0 Å². The van der Waals surface area contributed by atoms with Crippen molar-refractivity contribution in [1.82, 2.24) is 4.98 Å². The summed E-state index contributed by atoms with van der Waals surface area (Å²) in [6, 6.07) is 14.3. The van der Waals surface area contributed by atoms with Gasteiger partial charge in [-0.1, -0.05) is 41.5 Å². The van der Waals surface area contributed by atoms with Crippen LogP contribution in [0.2, 0.25) is 0 Å². The second-order valence-corrected chi connectivity index (χ2v) is 6.33. The third kappa shape index (κ3) is 2.74. The number of hydrogen-bond acceptors (Lipinski definition) is 3. The molecule has 0 saturated carbocycles. The van der Waals surface area contributed by atoms with Crippen LogP contribution in [-0.2, 0) is 6.42 Å². The Morgan fingerprint density at radius 2 is 1.80 bits per heavy atom. The van der Waals surface area contributed by atoms with Gasteiger partial charge < -0.3 is 5.11 Å². The van der Waals surface area contributed by atoms with E-state index in [1.807, 2.05) is 30.3 Å². The number of thiazole rings is 1. The maximum Gasteiger partial charge on any atom is 0.0967 e. The molecule has 0 aliphatic rings. The zero-order valence-corrected chi connectivity index (χ0v) is 12.4. The summed E-state index contributed by atoms with van der Waals surface area (Å²) in [7, 11) is 0. The van der Waals surface area contributed by atoms with Crippen LogP contribution in [0.25, 0.3) is 10.2 Å². The molecule has 1 unspecified atom stereocenters. The molecule has 3 heteroatoms. The van der Waals surface area contributed by atoms with Gasteiger partial charge in [-0.25, -0.2) is 4.98 Å². The smallest absolute Gasteiger partial charge is 0.0967 e. The molecular weight excluding hydrogens is 266 g/mol. The van der Waals surface area contributed by atoms with Gasteiger partial charge in [-0.05, 0) is 31.5 Å². The van der Waals surface area contributed by atoms with E-state index in [1.165, 1.54) is 15.8 Å². The van der Waals surface area contributed by atoms with Gasteiger partial charge in [0.05, 0.1) is 21.3 Å². The fraction of sp³-hybridized carbons (Fsp3) is 0.235. The number of hydrogen-bond donors (Lipinski definition) is 1. The maximum absolute atomic E-state index is 10.4. The average Bonchev–Trinajstić information content (AvgIpc) is 2.79. The highest BCUT2D eigenvalue weighted by atomic mass is 32.1. The first kappa shape index (κ1) is 13.3. The van der Waals surface area contributed by atoms with E-state index < -0.39 is 6.10 Å². The van der Waals surface area contributed by atoms with E-state index in [0.29, 0.717) is 6.42 Å². The Morgan fingerprint density at radius 1 is 1.10 bits per heavy atom. The topological polar surface area (TPSA) is 33.1 Å². The second kappa shape index (κ2) is 5.35. The largest absolute Gasteiger partial charge is 0.388 e. The molecular formula is C17H17NOS. The summed E-state index contributed by atoms with van der Waals surface area (Å²) < 4.78 is 1.18. The minimum absolute atomic E-state index is 0.492. The first-order valence-electron chi connectivity index (χ1n) is 6.72. The summed E-state index contributed by atoms with van der Waals surface area (Å²) in [6.07, 6.45) is 0.0802. The Labute approximate surface area is 122 Å². The van der Waals surface area contributed by atoms with Gasteiger partial charge in [0.15, 0.2) is 0 Å². The van der Waals surface area contributed by atoms with E-state index in [1.54, 1.807) is 11.3 Å². The molecule has 1 N–H and O–H groups in total. The van der Waals surface area contributed by atoms with Crippen molar-refractivity contribution in [2.75, 3.05) is 0 Å². The normalized spacial score (nSPS) is 12.8. The number of aromatic nitrogens is 1. The molecule has 0 amide bonds. The lowest BCUT2D eigenvalue weighted by Gasteiger charge is -2.11. The third-order valence-corrected chi connectivity index (χ3v) is 4.39. The monoisotopic (exact) mass is 283 g/mol. The van der Waals surface area contributed by atoms with Crippen molar-refractivity contribution < 1.29 is 5.11 Å². The molecule has 3 rings (SSSR count). The predicted molar refractivity (Wildman–Crippen MR) is 84.2 cm³/mol. The van der Waals surface area contributed by atoms with Gasteiger partial charge in [-0.15, -0.1) is 11.3 Å². The van der Waals surface area contributed by atoms with Crippen LogP contribution in [0.3, 0.4) is 0 Å². The summed E-state index contributed by atoms with van der Waals surface area (Å²) in [5, 5.41) is 11.4. The molecule has 2 nitrogen and oxygen atoms in total. The molecule has 20 heavy (non-hydrogen) atoms. The number of nitrogens with zero attached hydrogens (tertiary/aromatic N) is 1. The molecule has 0 aliphatic heterocycles. The fourth-order valence-electron chi connectivity index (χ4n) is 2.49. The van der Waals surface area contributed by atoms with Crippen LogP contribution < -0.4 is 0 Å². The van der Waals surface area contributed by atoms with Gasteiger partial charge >= 0.3 is 0 Å². The summed E-state index contributed by atoms with van der Waals surface area (Å²) in [5.41, 5.74) is 4.36. The van der Waals surface area contributed by atoms with Gasteiger partial charge in [0.1, 0.15) is 0 Å². The first-order valence-corrected chi connectivity index (χ1v) is 7.54. The molecule has 3 aromatic rings. The Bertz CT molecular complexity index is 694. The number of para-hydroxylation sites is 1. The van der Waals surface area contributed by atoms with E-state index in [9.17, 15) is 5.11 Å². The third-order valence-electron chi connectivity index (χ3n) is 3.33. The maximum atomic E-state index is 10.4. The molecule has 0 saturated heterocycles. The Kier molecular flexibility index (Phi) is 3.55. The molecule has 102 valence electrons. The minimum Gasteiger partial charge on any atom is -0.388 e. The van der Waals surface area contributed by atoms with E-state index in [2.05, 4.69) is 31.0 Å². The molecule has 0 spiro atoms. The predicted octanol–water partition coefficient (Wildman–Crippen LogP) is 4.19. The fourth-order valence-corrected chi connectivity index (χ4v) is 3.50. The quantitative estimate of drug-likeness (QED) is 0.782. The second-order valence-electron chi connectivity index (χ2n) is 5.22. The van der Waals surface area contributed by atoms with Crippen LogP contribution in [-0.4, -0.2) is 10.1 Å². The summed E-state index contributed by atoms with van der Waals surface area (Å²) in [6.45, 7) is 4.11. The lowest BCUT2D eigenvalue weighted by atomic mass is 10.0. The van der Waals surface area contributed by atoms with Crippen LogP contribution in [0, 0.1) is 13.8 Å². The Hall–Kier alpha value is -1.71. The van der Waals surface area contributed by atoms with E-state index >= 15 is 0 Å². The van der Waals surface area contributed by atoms with Crippen molar-refractivity contribution in [3.05, 3.63) is 64.2 Å². The SMILES string of the molecule is Cc1cc(C)cc(C(O)Cc2nc3ccccc3s2)c1. The van der Waals surface area contributed by atoms with Crippen molar-refractivity contribution in [2.24, 2.45) is 0 Å². The minimum atomic E-state index is -0.492. The highest BCUT2D eigenvalue weighted by Gasteiger charge is 2.12. The van der Waals surface area contributed by atoms with E-state index in [-0.39, 0.29) is 0 Å². The summed E-state index contributed by atoms with van der Waals surface area (Å²) in [5.74, 6) is 0. The van der Waals surface area contributed by atoms with Gasteiger partial charge in [0.25, 0.3) is 0 Å². The highest BCUT2D eigenvalue weighted by molar-refractivity contribution is 7.18. The number of benzene rings is 2. The lowest BCUT2D eigenvalue weighted by Crippen LogP contribution is -2.02. The first-order chi connectivity index (χ1) is 9.61. The standard InChI is InChI=1S/C17H17NOS/c1-11-7-12(2)9-13(8-11)15(19)10-17-18-14-5-3-4-6-16(14)20-17/h3-9,15,19H,10H2,1-2H3. The summed E-state index contributed by atoms with van der Waals surface area (Å²) in [4.78, 5) is 4.58. The molecule has 1 atom stereocenters. The van der Waals surface area contributed by atoms with E-state index in [4.69, 9.17) is 0 Å². The molecule has 0 fully saturated rings. The zero-order chi connectivity index (χ0) is 14.1. The highest BCUT2D eigenvalue weighted by Crippen LogP contribution is 2.26. The molecule has 1 aromatic heterocycles. The van der Waals surface area contributed by atoms with Crippen LogP contribution in [0.15, 0.2) is 42.5 Å². The molecule has 0 aliphatic carbocycles. The molecule has 0 bridgehead atoms. The van der Waals surface area contributed by atoms with E-state index in [0.717, 1.165) is 16.1 Å². The van der Waals surface area contributed by atoms with Crippen LogP contribution >= 0.6 is 11.3 Å². The average molecular weight is 283 g/mol. The van der Waals surface area contributed by atoms with Gasteiger partial charge in [0.2, 0.25) is 0 Å². The van der Waals surface area contributed by atoms with Crippen molar-refractivity contribution in [1.29, 1.82) is 0 Å². The van der Waals surface area contributed by atoms with Gasteiger partial charge in [-0.2, -0.15) is 0 Å². The Morgan fingerprint density at radius 3 is 2.50 bits per heavy atom. The molecule has 1 heterocycles. The van der Waals surface area contributed by atoms with Gasteiger partial charge in [-0.3, -0.25) is 0 Å². The molecule has 0 radical (unpaired) electrons. The van der Waals surface area contributed by atoms with Gasteiger partial charge in [0, 0.05) is 6.42 Å². The van der Waals surface area contributed by atoms with Crippen molar-refractivity contribution in [3.8, 4) is 0 Å². The number of aliphatic hydroxyl groups excluding tert-OH is 1. The van der Waals surface area contributed by atoms with Crippen LogP contribution in [0.5, 0.6) is 0 Å². The zero-order valence-electron chi connectivity index (χ0n) is 11.6. The van der Waals surface area contributed by atoms with Crippen LogP contribution in [0.4, 0.5) is 0 Å². The number of aryl methyl sites for hydroxylation is 2. The Balaban J connectivity index is 1.86. The number of rotatable bonds is 3.